The molecular weight excluding hydrogens is 248 g/mol. The number of hydrogen-bond acceptors (Lipinski definition) is 6. The second-order valence-corrected chi connectivity index (χ2v) is 1.98. The molecule has 0 atom stereocenters. The fourth-order valence-corrected chi connectivity index (χ4v) is 0.279. The monoisotopic (exact) mass is 254 g/mol. The van der Waals surface area contributed by atoms with Crippen LogP contribution in [-0.4, -0.2) is 57.1 Å². The molecule has 0 aromatic carbocycles. The van der Waals surface area contributed by atoms with Gasteiger partial charge in [0.1, 0.15) is 0 Å². The van der Waals surface area contributed by atoms with Gasteiger partial charge in [-0.1, -0.05) is 0 Å². The van der Waals surface area contributed by atoms with E-state index in [9.17, 15) is 29.4 Å². The van der Waals surface area contributed by atoms with Crippen LogP contribution in [0.1, 0.15) is 0 Å². The molecule has 2 N–H and O–H groups in total. The first-order valence-electron chi connectivity index (χ1n) is 3.49. The van der Waals surface area contributed by atoms with Crippen LogP contribution in [0.4, 0.5) is 0 Å². The summed E-state index contributed by atoms with van der Waals surface area (Å²) < 4.78 is 0. The molecular formula is C8H6MgO8. The van der Waals surface area contributed by atoms with Gasteiger partial charge in [0.05, 0.1) is 11.9 Å². The number of carbonyl (C=O) groups excluding carboxylic acids is 2. The van der Waals surface area contributed by atoms with Crippen molar-refractivity contribution in [3.8, 4) is 0 Å². The van der Waals surface area contributed by atoms with Gasteiger partial charge in [-0.15, -0.1) is 0 Å². The van der Waals surface area contributed by atoms with E-state index in [1.807, 2.05) is 0 Å². The molecule has 0 heterocycles. The number of rotatable bonds is 4. The zero-order valence-electron chi connectivity index (χ0n) is 8.36. The van der Waals surface area contributed by atoms with Crippen molar-refractivity contribution in [1.29, 1.82) is 0 Å². The van der Waals surface area contributed by atoms with Gasteiger partial charge < -0.3 is 30.0 Å². The Kier molecular flexibility index (Phi) is 14.7. The third-order valence-electron chi connectivity index (χ3n) is 0.724. The molecule has 0 saturated heterocycles. The third kappa shape index (κ3) is 31.5. The number of hydrogen-bond donors (Lipinski definition) is 2. The van der Waals surface area contributed by atoms with Crippen molar-refractivity contribution in [1.82, 2.24) is 0 Å². The van der Waals surface area contributed by atoms with Crippen molar-refractivity contribution >= 4 is 46.9 Å². The van der Waals surface area contributed by atoms with Crippen LogP contribution in [0.25, 0.3) is 0 Å². The van der Waals surface area contributed by atoms with Crippen LogP contribution in [0.2, 0.25) is 0 Å². The Hall–Kier alpha value is -1.87. The molecule has 88 valence electrons. The molecule has 0 bridgehead atoms. The van der Waals surface area contributed by atoms with Gasteiger partial charge in [0.25, 0.3) is 0 Å². The minimum Gasteiger partial charge on any atom is -0.545 e. The number of carboxylic acids is 4. The molecule has 0 radical (unpaired) electrons. The van der Waals surface area contributed by atoms with E-state index in [0.29, 0.717) is 24.3 Å². The topological polar surface area (TPSA) is 155 Å². The van der Waals surface area contributed by atoms with Gasteiger partial charge in [0.2, 0.25) is 0 Å². The molecule has 0 aromatic heterocycles. The first-order valence-corrected chi connectivity index (χ1v) is 3.49. The average Bonchev–Trinajstić information content (AvgIpc) is 2.12. The molecule has 0 saturated carbocycles. The summed E-state index contributed by atoms with van der Waals surface area (Å²) in [4.78, 5) is 37.9. The summed E-state index contributed by atoms with van der Waals surface area (Å²) in [5.74, 6) is -5.61. The summed E-state index contributed by atoms with van der Waals surface area (Å²) in [6.07, 6.45) is 1.88. The second-order valence-electron chi connectivity index (χ2n) is 1.98. The average molecular weight is 254 g/mol. The van der Waals surface area contributed by atoms with Gasteiger partial charge in [-0.3, -0.25) is 0 Å². The molecule has 0 spiro atoms. The normalized spacial score (nSPS) is 8.94. The van der Waals surface area contributed by atoms with E-state index in [2.05, 4.69) is 0 Å². The van der Waals surface area contributed by atoms with Crippen molar-refractivity contribution in [2.75, 3.05) is 0 Å². The summed E-state index contributed by atoms with van der Waals surface area (Å²) in [7, 11) is 0. The van der Waals surface area contributed by atoms with Crippen LogP contribution in [0.3, 0.4) is 0 Å². The third-order valence-corrected chi connectivity index (χ3v) is 0.724. The number of aliphatic carboxylic acids is 4. The van der Waals surface area contributed by atoms with Gasteiger partial charge in [0, 0.05) is 12.2 Å². The Labute approximate surface area is 111 Å². The zero-order valence-corrected chi connectivity index (χ0v) is 9.77. The molecule has 0 unspecified atom stereocenters. The van der Waals surface area contributed by atoms with Gasteiger partial charge in [0.15, 0.2) is 0 Å². The van der Waals surface area contributed by atoms with Crippen LogP contribution < -0.4 is 10.2 Å². The van der Waals surface area contributed by atoms with E-state index >= 15 is 0 Å². The number of carboxylic acid groups (broad SMARTS) is 4. The van der Waals surface area contributed by atoms with Crippen molar-refractivity contribution < 1.29 is 39.6 Å². The Balaban J connectivity index is -0.000000218. The fourth-order valence-electron chi connectivity index (χ4n) is 0.279. The van der Waals surface area contributed by atoms with E-state index in [1.54, 1.807) is 0 Å². The maximum atomic E-state index is 9.53. The predicted molar refractivity (Wildman–Crippen MR) is 49.3 cm³/mol. The van der Waals surface area contributed by atoms with E-state index in [4.69, 9.17) is 10.2 Å². The fraction of sp³-hybridized carbons (Fsp3) is 0. The van der Waals surface area contributed by atoms with Crippen molar-refractivity contribution in [3.05, 3.63) is 24.3 Å². The quantitative estimate of drug-likeness (QED) is 0.384. The Morgan fingerprint density at radius 3 is 1.00 bits per heavy atom. The first kappa shape index (κ1) is 20.5. The van der Waals surface area contributed by atoms with Crippen LogP contribution in [-0.2, 0) is 19.2 Å². The SMILES string of the molecule is O=C([O-])/C=C/C(=O)O.O=C([O-])/C=C/C(=O)O.[Mg+2]. The van der Waals surface area contributed by atoms with Gasteiger partial charge in [-0.25, -0.2) is 9.59 Å². The van der Waals surface area contributed by atoms with E-state index < -0.39 is 23.9 Å². The zero-order chi connectivity index (χ0) is 13.1. The molecule has 0 aliphatic heterocycles. The Bertz CT molecular complexity index is 277. The maximum absolute atomic E-state index is 9.53. The molecule has 9 heteroatoms. The van der Waals surface area contributed by atoms with E-state index in [0.717, 1.165) is 0 Å². The summed E-state index contributed by atoms with van der Waals surface area (Å²) in [5.41, 5.74) is 0. The summed E-state index contributed by atoms with van der Waals surface area (Å²) in [6, 6.07) is 0. The predicted octanol–water partition coefficient (Wildman–Crippen LogP) is -3.63. The molecule has 0 aliphatic rings. The van der Waals surface area contributed by atoms with Crippen LogP contribution in [0.15, 0.2) is 24.3 Å². The molecule has 0 fully saturated rings. The summed E-state index contributed by atoms with van der Waals surface area (Å²) in [6.45, 7) is 0. The second kappa shape index (κ2) is 12.2. The van der Waals surface area contributed by atoms with Crippen LogP contribution in [0.5, 0.6) is 0 Å². The largest absolute Gasteiger partial charge is 2.00 e. The molecule has 17 heavy (non-hydrogen) atoms. The molecule has 8 nitrogen and oxygen atoms in total. The van der Waals surface area contributed by atoms with E-state index in [-0.39, 0.29) is 23.1 Å². The van der Waals surface area contributed by atoms with Crippen LogP contribution >= 0.6 is 0 Å². The van der Waals surface area contributed by atoms with Crippen molar-refractivity contribution in [3.63, 3.8) is 0 Å². The Morgan fingerprint density at radius 2 is 0.941 bits per heavy atom. The van der Waals surface area contributed by atoms with Crippen LogP contribution in [0, 0.1) is 0 Å². The minimum atomic E-state index is -1.51. The van der Waals surface area contributed by atoms with Crippen molar-refractivity contribution in [2.45, 2.75) is 0 Å². The smallest absolute Gasteiger partial charge is 0.545 e. The summed E-state index contributed by atoms with van der Waals surface area (Å²) in [5, 5.41) is 34.5. The van der Waals surface area contributed by atoms with Gasteiger partial charge in [-0.05, 0) is 12.2 Å². The molecule has 0 aromatic rings. The molecule has 0 amide bonds. The van der Waals surface area contributed by atoms with Crippen molar-refractivity contribution in [2.24, 2.45) is 0 Å². The Morgan fingerprint density at radius 1 is 0.706 bits per heavy atom. The maximum Gasteiger partial charge on any atom is 2.00 e. The standard InChI is InChI=1S/2C4H4O4.Mg/c2*5-3(6)1-2-4(7)8;/h2*1-2H,(H,5,6)(H,7,8);/q;;+2/p-2/b2*2-1+;. The van der Waals surface area contributed by atoms with E-state index in [1.165, 1.54) is 0 Å². The summed E-state index contributed by atoms with van der Waals surface area (Å²) >= 11 is 0. The van der Waals surface area contributed by atoms with Gasteiger partial charge >= 0.3 is 35.0 Å². The molecule has 0 rings (SSSR count). The van der Waals surface area contributed by atoms with Gasteiger partial charge in [-0.2, -0.15) is 0 Å². The minimum absolute atomic E-state index is 0. The first-order chi connectivity index (χ1) is 7.25. The number of carbonyl (C=O) groups is 4. The molecule has 0 aliphatic carbocycles.